The lowest BCUT2D eigenvalue weighted by molar-refractivity contribution is 0.0533. The van der Waals surface area contributed by atoms with Crippen molar-refractivity contribution in [2.75, 3.05) is 20.4 Å². The molecule has 3 rings (SSSR count). The molecule has 1 aromatic rings. The van der Waals surface area contributed by atoms with Gasteiger partial charge in [-0.25, -0.2) is 0 Å². The lowest BCUT2D eigenvalue weighted by atomic mass is 9.83. The number of benzene rings is 1. The summed E-state index contributed by atoms with van der Waals surface area (Å²) in [5.41, 5.74) is 2.88. The molecular formula is C17H21N3O2. The van der Waals surface area contributed by atoms with E-state index in [0.29, 0.717) is 19.3 Å². The van der Waals surface area contributed by atoms with Crippen molar-refractivity contribution in [3.63, 3.8) is 0 Å². The molecule has 1 aromatic carbocycles. The molecule has 0 N–H and O–H groups in total. The molecule has 5 nitrogen and oxygen atoms in total. The van der Waals surface area contributed by atoms with Gasteiger partial charge in [0.05, 0.1) is 6.61 Å². The molecule has 1 aliphatic heterocycles. The Balaban J connectivity index is 1.57. The molecule has 5 heteroatoms. The number of ether oxygens (including phenoxy) is 1. The van der Waals surface area contributed by atoms with Crippen LogP contribution in [-0.2, 0) is 11.2 Å². The minimum Gasteiger partial charge on any atom is -0.360 e. The Hall–Kier alpha value is -2.14. The summed E-state index contributed by atoms with van der Waals surface area (Å²) in [6, 6.07) is 8.65. The van der Waals surface area contributed by atoms with Crippen LogP contribution < -0.4 is 0 Å². The maximum atomic E-state index is 10.5. The number of hydrogen-bond acceptors (Lipinski definition) is 5. The molecule has 116 valence electrons. The molecule has 0 spiro atoms. The highest BCUT2D eigenvalue weighted by atomic mass is 16.5. The van der Waals surface area contributed by atoms with Gasteiger partial charge in [0.1, 0.15) is 18.8 Å². The maximum Gasteiger partial charge on any atom is 0.136 e. The van der Waals surface area contributed by atoms with Crippen molar-refractivity contribution in [3.8, 4) is 0 Å². The molecule has 0 saturated carbocycles. The van der Waals surface area contributed by atoms with Gasteiger partial charge >= 0.3 is 0 Å². The zero-order valence-electron chi connectivity index (χ0n) is 12.8. The molecule has 2 aliphatic rings. The van der Waals surface area contributed by atoms with Gasteiger partial charge in [0.25, 0.3) is 0 Å². The normalized spacial score (nSPS) is 22.2. The summed E-state index contributed by atoms with van der Waals surface area (Å²) >= 11 is 0. The minimum absolute atomic E-state index is 0.431. The first-order valence-corrected chi connectivity index (χ1v) is 7.65. The van der Waals surface area contributed by atoms with Crippen LogP contribution in [0, 0.1) is 4.91 Å². The smallest absolute Gasteiger partial charge is 0.136 e. The summed E-state index contributed by atoms with van der Waals surface area (Å²) in [6.07, 6.45) is 8.65. The van der Waals surface area contributed by atoms with Crippen molar-refractivity contribution >= 4 is 0 Å². The van der Waals surface area contributed by atoms with Crippen molar-refractivity contribution in [2.24, 2.45) is 5.18 Å². The second-order valence-electron chi connectivity index (χ2n) is 5.76. The van der Waals surface area contributed by atoms with Gasteiger partial charge < -0.3 is 14.5 Å². The molecule has 1 heterocycles. The Bertz CT molecular complexity index is 597. The summed E-state index contributed by atoms with van der Waals surface area (Å²) in [6.45, 7) is 1.13. The maximum absolute atomic E-state index is 10.5. The van der Waals surface area contributed by atoms with Crippen LogP contribution in [0.2, 0.25) is 0 Å². The number of fused-ring (bicyclic) bond motifs is 1. The van der Waals surface area contributed by atoms with E-state index in [1.54, 1.807) is 0 Å². The highest BCUT2D eigenvalue weighted by molar-refractivity contribution is 5.32. The van der Waals surface area contributed by atoms with Gasteiger partial charge in [-0.2, -0.15) is 0 Å². The van der Waals surface area contributed by atoms with Crippen molar-refractivity contribution in [1.29, 1.82) is 0 Å². The largest absolute Gasteiger partial charge is 0.360 e. The van der Waals surface area contributed by atoms with E-state index in [1.165, 1.54) is 36.6 Å². The van der Waals surface area contributed by atoms with Crippen LogP contribution in [0.15, 0.2) is 53.9 Å². The monoisotopic (exact) mass is 299 g/mol. The number of aryl methyl sites for hydroxylation is 1. The molecule has 1 aliphatic carbocycles. The standard InChI is InChI=1S/C17H21N3O2/c1-19-9-10-20(17(19)11-18-21)13-22-12-15-7-4-6-14-5-2-3-8-16(14)15/h2-3,5,8-11,15H,4,6-7,12-13H2,1H3/b17-11+. The third-order valence-corrected chi connectivity index (χ3v) is 4.34. The molecule has 0 fully saturated rings. The first-order chi connectivity index (χ1) is 10.8. The predicted molar refractivity (Wildman–Crippen MR) is 85.6 cm³/mol. The number of rotatable bonds is 5. The molecule has 1 atom stereocenters. The Labute approximate surface area is 130 Å². The second kappa shape index (κ2) is 6.75. The topological polar surface area (TPSA) is 45.1 Å². The average Bonchev–Trinajstić information content (AvgIpc) is 2.89. The second-order valence-corrected chi connectivity index (χ2v) is 5.76. The fourth-order valence-electron chi connectivity index (χ4n) is 3.18. The van der Waals surface area contributed by atoms with E-state index in [1.807, 2.05) is 29.2 Å². The highest BCUT2D eigenvalue weighted by Gasteiger charge is 2.21. The summed E-state index contributed by atoms with van der Waals surface area (Å²) in [5, 5.41) is 2.86. The van der Waals surface area contributed by atoms with E-state index in [-0.39, 0.29) is 0 Å². The van der Waals surface area contributed by atoms with E-state index >= 15 is 0 Å². The Morgan fingerprint density at radius 3 is 3.09 bits per heavy atom. The van der Waals surface area contributed by atoms with Crippen LogP contribution in [0.25, 0.3) is 0 Å². The van der Waals surface area contributed by atoms with Crippen LogP contribution in [0.1, 0.15) is 29.9 Å². The van der Waals surface area contributed by atoms with Crippen molar-refractivity contribution in [3.05, 3.63) is 64.7 Å². The van der Waals surface area contributed by atoms with Crippen molar-refractivity contribution in [2.45, 2.75) is 25.2 Å². The third kappa shape index (κ3) is 3.04. The molecule has 0 saturated heterocycles. The van der Waals surface area contributed by atoms with Gasteiger partial charge in [-0.3, -0.25) is 0 Å². The molecule has 0 bridgehead atoms. The fraction of sp³-hybridized carbons (Fsp3) is 0.412. The Kier molecular flexibility index (Phi) is 4.53. The molecule has 0 aromatic heterocycles. The SMILES string of the molecule is CN1C=CN(COCC2CCCc3ccccc32)/C1=C/N=O. The molecular weight excluding hydrogens is 278 g/mol. The minimum atomic E-state index is 0.431. The zero-order chi connectivity index (χ0) is 15.4. The van der Waals surface area contributed by atoms with Gasteiger partial charge in [0.15, 0.2) is 0 Å². The van der Waals surface area contributed by atoms with E-state index in [4.69, 9.17) is 4.74 Å². The van der Waals surface area contributed by atoms with E-state index < -0.39 is 0 Å². The van der Waals surface area contributed by atoms with E-state index in [2.05, 4.69) is 29.4 Å². The van der Waals surface area contributed by atoms with Gasteiger partial charge in [-0.05, 0) is 35.6 Å². The molecule has 0 radical (unpaired) electrons. The van der Waals surface area contributed by atoms with Gasteiger partial charge in [-0.15, -0.1) is 4.91 Å². The van der Waals surface area contributed by atoms with Crippen LogP contribution in [0.3, 0.4) is 0 Å². The predicted octanol–water partition coefficient (Wildman–Crippen LogP) is 3.36. The lowest BCUT2D eigenvalue weighted by Crippen LogP contribution is -2.24. The zero-order valence-corrected chi connectivity index (χ0v) is 12.8. The summed E-state index contributed by atoms with van der Waals surface area (Å²) < 4.78 is 5.90. The number of nitroso groups, excluding NO2 is 1. The number of nitrogens with zero attached hydrogens (tertiary/aromatic N) is 3. The van der Waals surface area contributed by atoms with Crippen LogP contribution in [-0.4, -0.2) is 30.2 Å². The summed E-state index contributed by atoms with van der Waals surface area (Å²) in [4.78, 5) is 14.2. The highest BCUT2D eigenvalue weighted by Crippen LogP contribution is 2.31. The lowest BCUT2D eigenvalue weighted by Gasteiger charge is -2.27. The summed E-state index contributed by atoms with van der Waals surface area (Å²) in [7, 11) is 1.88. The van der Waals surface area contributed by atoms with Gasteiger partial charge in [0, 0.05) is 25.4 Å². The van der Waals surface area contributed by atoms with Crippen molar-refractivity contribution in [1.82, 2.24) is 9.80 Å². The van der Waals surface area contributed by atoms with Crippen LogP contribution in [0.5, 0.6) is 0 Å². The molecule has 0 amide bonds. The third-order valence-electron chi connectivity index (χ3n) is 4.34. The molecule has 22 heavy (non-hydrogen) atoms. The average molecular weight is 299 g/mol. The van der Waals surface area contributed by atoms with Crippen LogP contribution in [0.4, 0.5) is 0 Å². The first kappa shape index (κ1) is 14.8. The molecule has 1 unspecified atom stereocenters. The number of hydrogen-bond donors (Lipinski definition) is 0. The Morgan fingerprint density at radius 2 is 2.23 bits per heavy atom. The van der Waals surface area contributed by atoms with E-state index in [0.717, 1.165) is 5.82 Å². The van der Waals surface area contributed by atoms with E-state index in [9.17, 15) is 4.91 Å². The van der Waals surface area contributed by atoms with Gasteiger partial charge in [0.2, 0.25) is 0 Å². The van der Waals surface area contributed by atoms with Gasteiger partial charge in [-0.1, -0.05) is 24.3 Å². The summed E-state index contributed by atoms with van der Waals surface area (Å²) in [5.74, 6) is 1.20. The first-order valence-electron chi connectivity index (χ1n) is 7.65. The quantitative estimate of drug-likeness (QED) is 0.782. The van der Waals surface area contributed by atoms with Crippen molar-refractivity contribution < 1.29 is 4.74 Å². The van der Waals surface area contributed by atoms with Crippen LogP contribution >= 0.6 is 0 Å². The fourth-order valence-corrected chi connectivity index (χ4v) is 3.18. The Morgan fingerprint density at radius 1 is 1.36 bits per heavy atom.